The van der Waals surface area contributed by atoms with Gasteiger partial charge in [0.2, 0.25) is 5.91 Å². The zero-order valence-electron chi connectivity index (χ0n) is 11.9. The van der Waals surface area contributed by atoms with Crippen LogP contribution < -0.4 is 5.73 Å². The second-order valence-corrected chi connectivity index (χ2v) is 5.53. The Labute approximate surface area is 124 Å². The summed E-state index contributed by atoms with van der Waals surface area (Å²) in [5.41, 5.74) is 8.57. The van der Waals surface area contributed by atoms with Gasteiger partial charge < -0.3 is 10.6 Å². The first-order chi connectivity index (χ1) is 10.2. The summed E-state index contributed by atoms with van der Waals surface area (Å²) in [6, 6.07) is 11.9. The maximum atomic E-state index is 12.6. The Kier molecular flexibility index (Phi) is 3.86. The molecule has 0 radical (unpaired) electrons. The lowest BCUT2D eigenvalue weighted by atomic mass is 10.1. The monoisotopic (exact) mass is 281 g/mol. The van der Waals surface area contributed by atoms with Crippen molar-refractivity contribution in [3.63, 3.8) is 0 Å². The molecule has 1 saturated carbocycles. The van der Waals surface area contributed by atoms with Crippen molar-refractivity contribution < 1.29 is 4.79 Å². The Bertz CT molecular complexity index is 623. The van der Waals surface area contributed by atoms with E-state index in [9.17, 15) is 4.79 Å². The number of nitrogen functional groups attached to an aromatic ring is 1. The molecule has 3 rings (SSSR count). The maximum absolute atomic E-state index is 12.6. The molecule has 1 aromatic heterocycles. The van der Waals surface area contributed by atoms with E-state index in [1.165, 1.54) is 0 Å². The second kappa shape index (κ2) is 5.95. The predicted octanol–water partition coefficient (Wildman–Crippen LogP) is 2.40. The second-order valence-electron chi connectivity index (χ2n) is 5.53. The van der Waals surface area contributed by atoms with Crippen LogP contribution in [0.3, 0.4) is 0 Å². The highest BCUT2D eigenvalue weighted by atomic mass is 16.2. The SMILES string of the molecule is Nc1cccc(CC(=O)N(Cc2ccncc2)C2CC2)c1. The molecule has 108 valence electrons. The van der Waals surface area contributed by atoms with Gasteiger partial charge in [-0.05, 0) is 48.2 Å². The van der Waals surface area contributed by atoms with E-state index in [-0.39, 0.29) is 5.91 Å². The standard InChI is InChI=1S/C17H19N3O/c18-15-3-1-2-14(10-15)11-17(21)20(16-4-5-16)12-13-6-8-19-9-7-13/h1-3,6-10,16H,4-5,11-12,18H2. The van der Waals surface area contributed by atoms with Gasteiger partial charge in [-0.25, -0.2) is 0 Å². The third kappa shape index (κ3) is 3.60. The Hall–Kier alpha value is -2.36. The van der Waals surface area contributed by atoms with Crippen LogP contribution in [0.15, 0.2) is 48.8 Å². The summed E-state index contributed by atoms with van der Waals surface area (Å²) in [4.78, 5) is 18.6. The molecule has 0 saturated heterocycles. The molecule has 2 N–H and O–H groups in total. The first kappa shape index (κ1) is 13.6. The van der Waals surface area contributed by atoms with Crippen LogP contribution in [-0.2, 0) is 17.8 Å². The lowest BCUT2D eigenvalue weighted by Crippen LogP contribution is -2.33. The van der Waals surface area contributed by atoms with Crippen molar-refractivity contribution >= 4 is 11.6 Å². The Morgan fingerprint density at radius 1 is 1.19 bits per heavy atom. The maximum Gasteiger partial charge on any atom is 0.227 e. The molecule has 2 aromatic rings. The summed E-state index contributed by atoms with van der Waals surface area (Å²) in [5, 5.41) is 0. The third-order valence-electron chi connectivity index (χ3n) is 3.72. The number of carbonyl (C=O) groups excluding carboxylic acids is 1. The van der Waals surface area contributed by atoms with Crippen LogP contribution in [0.1, 0.15) is 24.0 Å². The van der Waals surface area contributed by atoms with Gasteiger partial charge in [-0.2, -0.15) is 0 Å². The number of aromatic nitrogens is 1. The van der Waals surface area contributed by atoms with E-state index in [4.69, 9.17) is 5.73 Å². The molecule has 0 aliphatic heterocycles. The smallest absolute Gasteiger partial charge is 0.227 e. The first-order valence-electron chi connectivity index (χ1n) is 7.25. The number of benzene rings is 1. The van der Waals surface area contributed by atoms with Crippen molar-refractivity contribution in [1.82, 2.24) is 9.88 Å². The molecule has 21 heavy (non-hydrogen) atoms. The normalized spacial score (nSPS) is 13.9. The summed E-state index contributed by atoms with van der Waals surface area (Å²) < 4.78 is 0. The molecule has 1 aliphatic rings. The number of amides is 1. The molecule has 0 unspecified atom stereocenters. The van der Waals surface area contributed by atoms with E-state index in [1.807, 2.05) is 41.3 Å². The number of nitrogens with zero attached hydrogens (tertiary/aromatic N) is 2. The Morgan fingerprint density at radius 3 is 2.62 bits per heavy atom. The van der Waals surface area contributed by atoms with Gasteiger partial charge in [0.05, 0.1) is 6.42 Å². The molecule has 0 atom stereocenters. The minimum absolute atomic E-state index is 0.167. The van der Waals surface area contributed by atoms with Gasteiger partial charge in [-0.3, -0.25) is 9.78 Å². The summed E-state index contributed by atoms with van der Waals surface area (Å²) >= 11 is 0. The van der Waals surface area contributed by atoms with Crippen LogP contribution in [0.2, 0.25) is 0 Å². The molecule has 1 aromatic carbocycles. The van der Waals surface area contributed by atoms with Gasteiger partial charge in [0, 0.05) is 30.7 Å². The largest absolute Gasteiger partial charge is 0.399 e. The van der Waals surface area contributed by atoms with E-state index in [1.54, 1.807) is 12.4 Å². The third-order valence-corrected chi connectivity index (χ3v) is 3.72. The topological polar surface area (TPSA) is 59.2 Å². The van der Waals surface area contributed by atoms with Crippen LogP contribution in [-0.4, -0.2) is 21.8 Å². The van der Waals surface area contributed by atoms with Crippen molar-refractivity contribution in [2.24, 2.45) is 0 Å². The molecule has 0 bridgehead atoms. The number of hydrogen-bond acceptors (Lipinski definition) is 3. The van der Waals surface area contributed by atoms with Crippen molar-refractivity contribution in [2.75, 3.05) is 5.73 Å². The molecule has 1 aliphatic carbocycles. The minimum atomic E-state index is 0.167. The van der Waals surface area contributed by atoms with E-state index in [2.05, 4.69) is 4.98 Å². The summed E-state index contributed by atoms with van der Waals surface area (Å²) in [6.07, 6.45) is 6.15. The van der Waals surface area contributed by atoms with Gasteiger partial charge in [0.1, 0.15) is 0 Å². The number of hydrogen-bond donors (Lipinski definition) is 1. The molecular weight excluding hydrogens is 262 g/mol. The summed E-state index contributed by atoms with van der Waals surface area (Å²) in [5.74, 6) is 0.167. The zero-order chi connectivity index (χ0) is 14.7. The number of pyridine rings is 1. The minimum Gasteiger partial charge on any atom is -0.399 e. The van der Waals surface area contributed by atoms with Crippen molar-refractivity contribution in [2.45, 2.75) is 31.8 Å². The van der Waals surface area contributed by atoms with Gasteiger partial charge in [-0.1, -0.05) is 12.1 Å². The summed E-state index contributed by atoms with van der Waals surface area (Å²) in [7, 11) is 0. The molecule has 1 heterocycles. The molecule has 0 spiro atoms. The highest BCUT2D eigenvalue weighted by Crippen LogP contribution is 2.29. The van der Waals surface area contributed by atoms with Crippen molar-refractivity contribution in [1.29, 1.82) is 0 Å². The van der Waals surface area contributed by atoms with E-state index in [0.29, 0.717) is 24.7 Å². The van der Waals surface area contributed by atoms with Gasteiger partial charge in [0.15, 0.2) is 0 Å². The van der Waals surface area contributed by atoms with Crippen LogP contribution in [0, 0.1) is 0 Å². The molecule has 4 heteroatoms. The number of rotatable bonds is 5. The molecule has 1 amide bonds. The number of carbonyl (C=O) groups is 1. The van der Waals surface area contributed by atoms with E-state index < -0.39 is 0 Å². The molecule has 4 nitrogen and oxygen atoms in total. The quantitative estimate of drug-likeness (QED) is 0.856. The molecule has 1 fully saturated rings. The zero-order valence-corrected chi connectivity index (χ0v) is 11.9. The highest BCUT2D eigenvalue weighted by molar-refractivity contribution is 5.79. The Morgan fingerprint density at radius 2 is 1.95 bits per heavy atom. The number of nitrogens with two attached hydrogens (primary N) is 1. The van der Waals surface area contributed by atoms with Crippen LogP contribution in [0.5, 0.6) is 0 Å². The van der Waals surface area contributed by atoms with E-state index in [0.717, 1.165) is 24.0 Å². The van der Waals surface area contributed by atoms with Crippen molar-refractivity contribution in [3.05, 3.63) is 59.9 Å². The fourth-order valence-electron chi connectivity index (χ4n) is 2.47. The average molecular weight is 281 g/mol. The van der Waals surface area contributed by atoms with Crippen molar-refractivity contribution in [3.8, 4) is 0 Å². The fraction of sp³-hybridized carbons (Fsp3) is 0.294. The lowest BCUT2D eigenvalue weighted by molar-refractivity contribution is -0.131. The number of anilines is 1. The van der Waals surface area contributed by atoms with Gasteiger partial charge in [0.25, 0.3) is 0 Å². The van der Waals surface area contributed by atoms with Crippen LogP contribution in [0.25, 0.3) is 0 Å². The van der Waals surface area contributed by atoms with Gasteiger partial charge in [-0.15, -0.1) is 0 Å². The predicted molar refractivity (Wildman–Crippen MR) is 82.4 cm³/mol. The highest BCUT2D eigenvalue weighted by Gasteiger charge is 2.32. The molecular formula is C17H19N3O. The van der Waals surface area contributed by atoms with Gasteiger partial charge >= 0.3 is 0 Å². The first-order valence-corrected chi connectivity index (χ1v) is 7.25. The lowest BCUT2D eigenvalue weighted by Gasteiger charge is -2.22. The fourth-order valence-corrected chi connectivity index (χ4v) is 2.47. The van der Waals surface area contributed by atoms with E-state index >= 15 is 0 Å². The Balaban J connectivity index is 1.70. The average Bonchev–Trinajstić information content (AvgIpc) is 3.30. The van der Waals surface area contributed by atoms with Crippen LogP contribution >= 0.6 is 0 Å². The summed E-state index contributed by atoms with van der Waals surface area (Å²) in [6.45, 7) is 0.661. The van der Waals surface area contributed by atoms with Crippen LogP contribution in [0.4, 0.5) is 5.69 Å².